The molecule has 0 saturated carbocycles. The van der Waals surface area contributed by atoms with Gasteiger partial charge in [-0.05, 0) is 49.3 Å². The monoisotopic (exact) mass is 354 g/mol. The zero-order chi connectivity index (χ0) is 17.9. The van der Waals surface area contributed by atoms with Crippen LogP contribution >= 0.6 is 11.8 Å². The van der Waals surface area contributed by atoms with Crippen LogP contribution in [0.4, 0.5) is 4.79 Å². The summed E-state index contributed by atoms with van der Waals surface area (Å²) >= 11 is 1.67. The van der Waals surface area contributed by atoms with E-state index in [1.807, 2.05) is 67.8 Å². The predicted octanol–water partition coefficient (Wildman–Crippen LogP) is 3.85. The van der Waals surface area contributed by atoms with Crippen LogP contribution in [-0.4, -0.2) is 28.6 Å². The summed E-state index contributed by atoms with van der Waals surface area (Å²) in [6.45, 7) is 2.12. The summed E-state index contributed by atoms with van der Waals surface area (Å²) in [4.78, 5) is 27.6. The molecule has 5 heteroatoms. The largest absolute Gasteiger partial charge is 0.325 e. The third-order valence-electron chi connectivity index (χ3n) is 4.60. The zero-order valence-corrected chi connectivity index (χ0v) is 15.3. The smallest absolute Gasteiger partial charge is 0.323 e. The van der Waals surface area contributed by atoms with Crippen molar-refractivity contribution in [2.24, 2.45) is 0 Å². The Hall–Kier alpha value is -2.27. The van der Waals surface area contributed by atoms with Crippen molar-refractivity contribution in [2.45, 2.75) is 36.7 Å². The van der Waals surface area contributed by atoms with Gasteiger partial charge in [-0.3, -0.25) is 9.69 Å². The molecule has 0 unspecified atom stereocenters. The molecule has 4 nitrogen and oxygen atoms in total. The Morgan fingerprint density at radius 1 is 1.00 bits per heavy atom. The fraction of sp³-hybridized carbons (Fsp3) is 0.300. The highest BCUT2D eigenvalue weighted by Gasteiger charge is 2.47. The van der Waals surface area contributed by atoms with Crippen molar-refractivity contribution < 1.29 is 9.59 Å². The van der Waals surface area contributed by atoms with Gasteiger partial charge in [0.1, 0.15) is 5.54 Å². The highest BCUT2D eigenvalue weighted by molar-refractivity contribution is 7.98. The van der Waals surface area contributed by atoms with E-state index >= 15 is 0 Å². The Morgan fingerprint density at radius 2 is 1.68 bits per heavy atom. The van der Waals surface area contributed by atoms with Gasteiger partial charge in [0.15, 0.2) is 0 Å². The summed E-state index contributed by atoms with van der Waals surface area (Å²) in [5.41, 5.74) is 1.28. The van der Waals surface area contributed by atoms with Gasteiger partial charge in [-0.1, -0.05) is 42.5 Å². The Labute approximate surface area is 152 Å². The molecular formula is C20H22N2O2S. The summed E-state index contributed by atoms with van der Waals surface area (Å²) in [5.74, 6) is -0.151. The summed E-state index contributed by atoms with van der Waals surface area (Å²) in [6, 6.07) is 17.6. The molecule has 1 atom stereocenters. The average molecular weight is 354 g/mol. The standard InChI is InChI=1S/C20H22N2O2S/c1-20(13-12-15-6-4-3-5-7-15)18(23)22(19(24)21-20)14-16-8-10-17(25-2)11-9-16/h3-11H,12-14H2,1-2H3,(H,21,24)/t20-/m0/s1. The molecule has 3 amide bonds. The second kappa shape index (κ2) is 7.31. The Bertz CT molecular complexity index is 761. The number of hydrogen-bond donors (Lipinski definition) is 1. The molecule has 1 saturated heterocycles. The van der Waals surface area contributed by atoms with Crippen LogP contribution in [0.3, 0.4) is 0 Å². The van der Waals surface area contributed by atoms with Crippen LogP contribution in [0.5, 0.6) is 0 Å². The van der Waals surface area contributed by atoms with Gasteiger partial charge in [0.05, 0.1) is 6.54 Å². The highest BCUT2D eigenvalue weighted by atomic mass is 32.2. The maximum atomic E-state index is 12.8. The molecule has 2 aromatic rings. The molecule has 1 aliphatic rings. The highest BCUT2D eigenvalue weighted by Crippen LogP contribution is 2.25. The van der Waals surface area contributed by atoms with Crippen LogP contribution in [-0.2, 0) is 17.8 Å². The number of carbonyl (C=O) groups excluding carboxylic acids is 2. The number of nitrogens with one attached hydrogen (secondary N) is 1. The average Bonchev–Trinajstić information content (AvgIpc) is 2.85. The lowest BCUT2D eigenvalue weighted by molar-refractivity contribution is -0.131. The van der Waals surface area contributed by atoms with Gasteiger partial charge in [-0.2, -0.15) is 0 Å². The molecule has 0 aliphatic carbocycles. The molecule has 1 fully saturated rings. The van der Waals surface area contributed by atoms with E-state index in [1.165, 1.54) is 4.90 Å². The molecule has 25 heavy (non-hydrogen) atoms. The third-order valence-corrected chi connectivity index (χ3v) is 5.34. The molecule has 1 N–H and O–H groups in total. The SMILES string of the molecule is CSc1ccc(CN2C(=O)N[C@@](C)(CCc3ccccc3)C2=O)cc1. The summed E-state index contributed by atoms with van der Waals surface area (Å²) in [6.07, 6.45) is 3.35. The zero-order valence-electron chi connectivity index (χ0n) is 14.5. The van der Waals surface area contributed by atoms with E-state index in [4.69, 9.17) is 0 Å². The van der Waals surface area contributed by atoms with Crippen LogP contribution < -0.4 is 5.32 Å². The molecule has 1 aliphatic heterocycles. The van der Waals surface area contributed by atoms with E-state index in [-0.39, 0.29) is 11.9 Å². The van der Waals surface area contributed by atoms with Gasteiger partial charge in [0.2, 0.25) is 0 Å². The second-order valence-corrected chi connectivity index (χ2v) is 7.37. The molecular weight excluding hydrogens is 332 g/mol. The first-order valence-corrected chi connectivity index (χ1v) is 9.55. The van der Waals surface area contributed by atoms with Gasteiger partial charge in [-0.25, -0.2) is 4.79 Å². The van der Waals surface area contributed by atoms with Crippen molar-refractivity contribution in [2.75, 3.05) is 6.26 Å². The van der Waals surface area contributed by atoms with E-state index in [0.29, 0.717) is 13.0 Å². The maximum absolute atomic E-state index is 12.8. The predicted molar refractivity (Wildman–Crippen MR) is 100 cm³/mol. The Kier molecular flexibility index (Phi) is 5.13. The van der Waals surface area contributed by atoms with Crippen molar-refractivity contribution in [1.29, 1.82) is 0 Å². The first-order valence-electron chi connectivity index (χ1n) is 8.33. The molecule has 2 aromatic carbocycles. The van der Waals surface area contributed by atoms with Crippen LogP contribution in [0.1, 0.15) is 24.5 Å². The first kappa shape index (κ1) is 17.5. The second-order valence-electron chi connectivity index (χ2n) is 6.49. The van der Waals surface area contributed by atoms with E-state index in [0.717, 1.165) is 22.4 Å². The number of thioether (sulfide) groups is 1. The van der Waals surface area contributed by atoms with Gasteiger partial charge >= 0.3 is 6.03 Å². The molecule has 0 spiro atoms. The van der Waals surface area contributed by atoms with Gasteiger partial charge in [-0.15, -0.1) is 11.8 Å². The van der Waals surface area contributed by atoms with Crippen molar-refractivity contribution in [3.63, 3.8) is 0 Å². The Morgan fingerprint density at radius 3 is 2.32 bits per heavy atom. The van der Waals surface area contributed by atoms with Crippen LogP contribution in [0, 0.1) is 0 Å². The number of urea groups is 1. The number of nitrogens with zero attached hydrogens (tertiary/aromatic N) is 1. The maximum Gasteiger partial charge on any atom is 0.325 e. The normalized spacial score (nSPS) is 20.0. The third kappa shape index (κ3) is 3.87. The number of aryl methyl sites for hydroxylation is 1. The molecule has 0 bridgehead atoms. The number of carbonyl (C=O) groups is 2. The van der Waals surface area contributed by atoms with E-state index < -0.39 is 5.54 Å². The Balaban J connectivity index is 1.68. The van der Waals surface area contributed by atoms with Crippen molar-refractivity contribution in [3.05, 3.63) is 65.7 Å². The lowest BCUT2D eigenvalue weighted by atomic mass is 9.93. The minimum Gasteiger partial charge on any atom is -0.323 e. The number of hydrogen-bond acceptors (Lipinski definition) is 3. The summed E-state index contributed by atoms with van der Waals surface area (Å²) in [7, 11) is 0. The van der Waals surface area contributed by atoms with Gasteiger partial charge in [0.25, 0.3) is 5.91 Å². The lowest BCUT2D eigenvalue weighted by Crippen LogP contribution is -2.44. The number of imide groups is 1. The van der Waals surface area contributed by atoms with E-state index in [1.54, 1.807) is 11.8 Å². The number of amides is 3. The minimum atomic E-state index is -0.841. The van der Waals surface area contributed by atoms with Crippen molar-refractivity contribution in [1.82, 2.24) is 10.2 Å². The van der Waals surface area contributed by atoms with Crippen molar-refractivity contribution in [3.8, 4) is 0 Å². The first-order chi connectivity index (χ1) is 12.0. The van der Waals surface area contributed by atoms with Crippen LogP contribution in [0.25, 0.3) is 0 Å². The van der Waals surface area contributed by atoms with E-state index in [9.17, 15) is 9.59 Å². The topological polar surface area (TPSA) is 49.4 Å². The molecule has 1 heterocycles. The summed E-state index contributed by atoms with van der Waals surface area (Å²) < 4.78 is 0. The van der Waals surface area contributed by atoms with Crippen LogP contribution in [0.2, 0.25) is 0 Å². The molecule has 3 rings (SSSR count). The quantitative estimate of drug-likeness (QED) is 0.633. The number of benzene rings is 2. The fourth-order valence-electron chi connectivity index (χ4n) is 3.01. The van der Waals surface area contributed by atoms with Gasteiger partial charge < -0.3 is 5.32 Å². The fourth-order valence-corrected chi connectivity index (χ4v) is 3.42. The lowest BCUT2D eigenvalue weighted by Gasteiger charge is -2.21. The molecule has 0 radical (unpaired) electrons. The number of rotatable bonds is 6. The van der Waals surface area contributed by atoms with Crippen LogP contribution in [0.15, 0.2) is 59.5 Å². The molecule has 130 valence electrons. The van der Waals surface area contributed by atoms with Gasteiger partial charge in [0, 0.05) is 4.90 Å². The molecule has 0 aromatic heterocycles. The summed E-state index contributed by atoms with van der Waals surface area (Å²) in [5, 5.41) is 2.88. The minimum absolute atomic E-state index is 0.151. The van der Waals surface area contributed by atoms with Crippen molar-refractivity contribution >= 4 is 23.7 Å². The van der Waals surface area contributed by atoms with E-state index in [2.05, 4.69) is 5.32 Å².